The number of ether oxygens (including phenoxy) is 2. The van der Waals surface area contributed by atoms with Crippen LogP contribution in [0.15, 0.2) is 47.4 Å². The molecule has 1 saturated heterocycles. The highest BCUT2D eigenvalue weighted by Crippen LogP contribution is 2.31. The van der Waals surface area contributed by atoms with Gasteiger partial charge in [-0.05, 0) is 49.2 Å². The summed E-state index contributed by atoms with van der Waals surface area (Å²) in [6, 6.07) is 14.0. The third-order valence-corrected chi connectivity index (χ3v) is 7.56. The highest BCUT2D eigenvalue weighted by atomic mass is 32.2. The van der Waals surface area contributed by atoms with Crippen molar-refractivity contribution in [1.29, 1.82) is 0 Å². The maximum atomic E-state index is 13.3. The summed E-state index contributed by atoms with van der Waals surface area (Å²) in [7, 11) is 1.65. The van der Waals surface area contributed by atoms with Crippen molar-refractivity contribution in [3.63, 3.8) is 0 Å². The molecule has 4 rings (SSSR count). The first kappa shape index (κ1) is 23.0. The van der Waals surface area contributed by atoms with E-state index in [-0.39, 0.29) is 5.91 Å². The number of morpholine rings is 1. The Balaban J connectivity index is 1.46. The fraction of sp³-hybridized carbons (Fsp3) is 0.417. The van der Waals surface area contributed by atoms with Gasteiger partial charge in [-0.15, -0.1) is 11.8 Å². The van der Waals surface area contributed by atoms with Crippen LogP contribution in [0.25, 0.3) is 10.2 Å². The van der Waals surface area contributed by atoms with Gasteiger partial charge < -0.3 is 9.47 Å². The highest BCUT2D eigenvalue weighted by molar-refractivity contribution is 8.00. The van der Waals surface area contributed by atoms with Crippen LogP contribution in [0.2, 0.25) is 0 Å². The molecule has 1 aromatic heterocycles. The van der Waals surface area contributed by atoms with Gasteiger partial charge in [0.1, 0.15) is 5.75 Å². The first-order valence-corrected chi connectivity index (χ1v) is 12.7. The van der Waals surface area contributed by atoms with E-state index in [1.807, 2.05) is 35.2 Å². The van der Waals surface area contributed by atoms with Crippen LogP contribution in [0.4, 0.5) is 5.13 Å². The molecule has 0 atom stereocenters. The van der Waals surface area contributed by atoms with Crippen molar-refractivity contribution in [2.45, 2.75) is 18.2 Å². The van der Waals surface area contributed by atoms with Gasteiger partial charge in [0.25, 0.3) is 0 Å². The molecule has 0 bridgehead atoms. The van der Waals surface area contributed by atoms with Crippen molar-refractivity contribution in [3.05, 3.63) is 48.0 Å². The second kappa shape index (κ2) is 11.1. The molecule has 1 aliphatic rings. The van der Waals surface area contributed by atoms with E-state index in [1.165, 1.54) is 0 Å². The van der Waals surface area contributed by atoms with Crippen LogP contribution in [-0.4, -0.2) is 68.0 Å². The third-order valence-electron chi connectivity index (χ3n) is 5.52. The molecule has 8 heteroatoms. The second-order valence-electron chi connectivity index (χ2n) is 7.74. The lowest BCUT2D eigenvalue weighted by molar-refractivity contribution is -0.116. The smallest absolute Gasteiger partial charge is 0.239 e. The lowest BCUT2D eigenvalue weighted by Crippen LogP contribution is -2.39. The normalized spacial score (nSPS) is 14.6. The van der Waals surface area contributed by atoms with E-state index < -0.39 is 0 Å². The van der Waals surface area contributed by atoms with Crippen LogP contribution in [0.3, 0.4) is 0 Å². The van der Waals surface area contributed by atoms with E-state index in [0.29, 0.717) is 12.3 Å². The van der Waals surface area contributed by atoms with E-state index >= 15 is 0 Å². The van der Waals surface area contributed by atoms with Crippen molar-refractivity contribution in [3.8, 4) is 5.75 Å². The summed E-state index contributed by atoms with van der Waals surface area (Å²) in [4.78, 5) is 23.5. The number of carbonyl (C=O) groups excluding carboxylic acids is 1. The average Bonchev–Trinajstić information content (AvgIpc) is 3.26. The van der Waals surface area contributed by atoms with Gasteiger partial charge in [0.15, 0.2) is 5.13 Å². The second-order valence-corrected chi connectivity index (χ2v) is 9.79. The number of hydrogen-bond donors (Lipinski definition) is 0. The summed E-state index contributed by atoms with van der Waals surface area (Å²) in [5.74, 6) is 1.28. The number of amides is 1. The number of aromatic nitrogens is 1. The number of rotatable bonds is 9. The monoisotopic (exact) mass is 471 g/mol. The number of aryl methyl sites for hydroxylation is 1. The quantitative estimate of drug-likeness (QED) is 0.430. The third kappa shape index (κ3) is 5.81. The molecule has 32 heavy (non-hydrogen) atoms. The molecular weight excluding hydrogens is 442 g/mol. The number of hydrogen-bond acceptors (Lipinski definition) is 7. The molecule has 0 unspecified atom stereocenters. The van der Waals surface area contributed by atoms with Gasteiger partial charge in [-0.3, -0.25) is 14.6 Å². The van der Waals surface area contributed by atoms with Crippen molar-refractivity contribution in [2.75, 3.05) is 57.2 Å². The van der Waals surface area contributed by atoms with Crippen molar-refractivity contribution >= 4 is 44.4 Å². The first-order valence-electron chi connectivity index (χ1n) is 10.9. The molecule has 1 amide bonds. The zero-order valence-electron chi connectivity index (χ0n) is 18.6. The molecule has 0 N–H and O–H groups in total. The fourth-order valence-electron chi connectivity index (χ4n) is 3.69. The number of para-hydroxylation sites is 1. The Morgan fingerprint density at radius 3 is 2.72 bits per heavy atom. The summed E-state index contributed by atoms with van der Waals surface area (Å²) in [6.45, 7) is 7.19. The minimum atomic E-state index is 0.0875. The molecule has 3 aromatic rings. The topological polar surface area (TPSA) is 54.9 Å². The lowest BCUT2D eigenvalue weighted by Gasteiger charge is -2.27. The molecule has 1 aliphatic heterocycles. The standard InChI is InChI=1S/C24H29N3O3S2/c1-18-5-3-6-21-23(18)25-24(32-21)27(12-4-11-26-13-15-30-16-14-26)22(28)17-31-20-9-7-19(29-2)8-10-20/h3,5-10H,4,11-17H2,1-2H3. The summed E-state index contributed by atoms with van der Waals surface area (Å²) in [5, 5.41) is 0.789. The van der Waals surface area contributed by atoms with Crippen LogP contribution in [0.5, 0.6) is 5.75 Å². The molecular formula is C24H29N3O3S2. The van der Waals surface area contributed by atoms with Crippen LogP contribution in [0, 0.1) is 6.92 Å². The number of carbonyl (C=O) groups is 1. The number of anilines is 1. The Bertz CT molecular complexity index is 1030. The number of nitrogens with zero attached hydrogens (tertiary/aromatic N) is 3. The molecule has 0 spiro atoms. The summed E-state index contributed by atoms with van der Waals surface area (Å²) >= 11 is 3.14. The van der Waals surface area contributed by atoms with Crippen LogP contribution >= 0.6 is 23.1 Å². The maximum absolute atomic E-state index is 13.3. The van der Waals surface area contributed by atoms with E-state index in [1.54, 1.807) is 30.2 Å². The zero-order valence-corrected chi connectivity index (χ0v) is 20.2. The minimum Gasteiger partial charge on any atom is -0.497 e. The Hall–Kier alpha value is -2.13. The van der Waals surface area contributed by atoms with E-state index in [2.05, 4.69) is 24.0 Å². The molecule has 0 saturated carbocycles. The number of benzene rings is 2. The number of thioether (sulfide) groups is 1. The van der Waals surface area contributed by atoms with E-state index in [0.717, 1.165) is 70.8 Å². The molecule has 170 valence electrons. The van der Waals surface area contributed by atoms with Gasteiger partial charge in [-0.1, -0.05) is 23.5 Å². The highest BCUT2D eigenvalue weighted by Gasteiger charge is 2.21. The van der Waals surface area contributed by atoms with Gasteiger partial charge in [-0.2, -0.15) is 0 Å². The number of methoxy groups -OCH3 is 1. The number of thiazole rings is 1. The maximum Gasteiger partial charge on any atom is 0.239 e. The summed E-state index contributed by atoms with van der Waals surface area (Å²) in [5.41, 5.74) is 2.12. The van der Waals surface area contributed by atoms with Crippen molar-refractivity contribution < 1.29 is 14.3 Å². The minimum absolute atomic E-state index is 0.0875. The van der Waals surface area contributed by atoms with Crippen LogP contribution < -0.4 is 9.64 Å². The van der Waals surface area contributed by atoms with Gasteiger partial charge in [0.2, 0.25) is 5.91 Å². The molecule has 0 radical (unpaired) electrons. The lowest BCUT2D eigenvalue weighted by atomic mass is 10.2. The van der Waals surface area contributed by atoms with Crippen molar-refractivity contribution in [1.82, 2.24) is 9.88 Å². The van der Waals surface area contributed by atoms with Crippen LogP contribution in [0.1, 0.15) is 12.0 Å². The Kier molecular flexibility index (Phi) is 8.02. The van der Waals surface area contributed by atoms with Gasteiger partial charge in [-0.25, -0.2) is 4.98 Å². The predicted molar refractivity (Wildman–Crippen MR) is 132 cm³/mol. The van der Waals surface area contributed by atoms with Crippen molar-refractivity contribution in [2.24, 2.45) is 0 Å². The van der Waals surface area contributed by atoms with E-state index in [4.69, 9.17) is 14.5 Å². The predicted octanol–water partition coefficient (Wildman–Crippen LogP) is 4.46. The Morgan fingerprint density at radius 2 is 2.00 bits per heavy atom. The first-order chi connectivity index (χ1) is 15.6. The molecule has 1 fully saturated rings. The fourth-order valence-corrected chi connectivity index (χ4v) is 5.55. The average molecular weight is 472 g/mol. The summed E-state index contributed by atoms with van der Waals surface area (Å²) < 4.78 is 11.8. The SMILES string of the molecule is COc1ccc(SCC(=O)N(CCCN2CCOCC2)c2nc3c(C)cccc3s2)cc1. The van der Waals surface area contributed by atoms with Gasteiger partial charge in [0.05, 0.1) is 36.3 Å². The Morgan fingerprint density at radius 1 is 1.22 bits per heavy atom. The molecule has 2 heterocycles. The van der Waals surface area contributed by atoms with Gasteiger partial charge in [0, 0.05) is 31.1 Å². The number of fused-ring (bicyclic) bond motifs is 1. The Labute approximate surface area is 197 Å². The molecule has 2 aromatic carbocycles. The summed E-state index contributed by atoms with van der Waals surface area (Å²) in [6.07, 6.45) is 0.911. The molecule has 0 aliphatic carbocycles. The largest absolute Gasteiger partial charge is 0.497 e. The molecule has 6 nitrogen and oxygen atoms in total. The zero-order chi connectivity index (χ0) is 22.3. The van der Waals surface area contributed by atoms with Gasteiger partial charge >= 0.3 is 0 Å². The van der Waals surface area contributed by atoms with E-state index in [9.17, 15) is 4.79 Å². The van der Waals surface area contributed by atoms with Crippen LogP contribution in [-0.2, 0) is 9.53 Å².